The van der Waals surface area contributed by atoms with Gasteiger partial charge in [-0.3, -0.25) is 4.79 Å². The minimum Gasteiger partial charge on any atom is -0.399 e. The van der Waals surface area contributed by atoms with Gasteiger partial charge < -0.3 is 15.8 Å². The van der Waals surface area contributed by atoms with Gasteiger partial charge in [0.05, 0.1) is 0 Å². The maximum atomic E-state index is 11.8. The van der Waals surface area contributed by atoms with E-state index < -0.39 is 0 Å². The number of carbonyl (C=O) groups excluding carboxylic acids is 1. The molecule has 1 amide bonds. The Bertz CT molecular complexity index is 424. The van der Waals surface area contributed by atoms with Gasteiger partial charge in [-0.2, -0.15) is 11.8 Å². The first-order valence-electron chi connectivity index (χ1n) is 6.86. The molecule has 1 rings (SSSR count). The SMILES string of the molecule is COCCCSCCCC(=O)Nc1cc(N)ccc1C. The second-order valence-electron chi connectivity index (χ2n) is 4.68. The monoisotopic (exact) mass is 296 g/mol. The Labute approximate surface area is 125 Å². The lowest BCUT2D eigenvalue weighted by Crippen LogP contribution is -2.12. The Morgan fingerprint density at radius 1 is 1.35 bits per heavy atom. The average molecular weight is 296 g/mol. The molecule has 0 aromatic heterocycles. The number of nitrogen functional groups attached to an aromatic ring is 1. The van der Waals surface area contributed by atoms with Crippen LogP contribution < -0.4 is 11.1 Å². The van der Waals surface area contributed by atoms with Crippen molar-refractivity contribution in [2.24, 2.45) is 0 Å². The molecule has 0 aliphatic rings. The predicted octanol–water partition coefficient (Wildman–Crippen LogP) is 3.07. The molecule has 112 valence electrons. The number of methoxy groups -OCH3 is 1. The molecule has 0 aliphatic heterocycles. The van der Waals surface area contributed by atoms with Crippen LogP contribution in [-0.2, 0) is 9.53 Å². The number of carbonyl (C=O) groups is 1. The van der Waals surface area contributed by atoms with Crippen LogP contribution in [0.4, 0.5) is 11.4 Å². The molecule has 3 N–H and O–H groups in total. The van der Waals surface area contributed by atoms with Gasteiger partial charge in [-0.15, -0.1) is 0 Å². The van der Waals surface area contributed by atoms with Crippen molar-refractivity contribution in [2.75, 3.05) is 36.3 Å². The number of amides is 1. The predicted molar refractivity (Wildman–Crippen MR) is 87.3 cm³/mol. The highest BCUT2D eigenvalue weighted by Gasteiger charge is 2.05. The highest BCUT2D eigenvalue weighted by atomic mass is 32.2. The largest absolute Gasteiger partial charge is 0.399 e. The molecule has 0 saturated heterocycles. The normalized spacial score (nSPS) is 10.5. The molecular formula is C15H24N2O2S. The lowest BCUT2D eigenvalue weighted by Gasteiger charge is -2.09. The quantitative estimate of drug-likeness (QED) is 0.543. The standard InChI is InChI=1S/C15H24N2O2S/c1-12-6-7-13(16)11-14(12)17-15(18)5-3-9-20-10-4-8-19-2/h6-7,11H,3-5,8-10,16H2,1-2H3,(H,17,18). The van der Waals surface area contributed by atoms with Crippen molar-refractivity contribution in [1.82, 2.24) is 0 Å². The molecule has 0 unspecified atom stereocenters. The van der Waals surface area contributed by atoms with Crippen LogP contribution in [0.25, 0.3) is 0 Å². The summed E-state index contributed by atoms with van der Waals surface area (Å²) in [6.07, 6.45) is 2.51. The number of anilines is 2. The first kappa shape index (κ1) is 16.9. The van der Waals surface area contributed by atoms with Gasteiger partial charge in [-0.25, -0.2) is 0 Å². The summed E-state index contributed by atoms with van der Waals surface area (Å²) in [5.41, 5.74) is 8.22. The van der Waals surface area contributed by atoms with Gasteiger partial charge in [0.15, 0.2) is 0 Å². The zero-order chi connectivity index (χ0) is 14.8. The summed E-state index contributed by atoms with van der Waals surface area (Å²) >= 11 is 1.87. The van der Waals surface area contributed by atoms with E-state index in [1.165, 1.54) is 0 Å². The number of ether oxygens (including phenoxy) is 1. The molecule has 4 nitrogen and oxygen atoms in total. The van der Waals surface area contributed by atoms with E-state index in [-0.39, 0.29) is 5.91 Å². The van der Waals surface area contributed by atoms with Crippen molar-refractivity contribution in [1.29, 1.82) is 0 Å². The molecule has 20 heavy (non-hydrogen) atoms. The minimum atomic E-state index is 0.0520. The van der Waals surface area contributed by atoms with Crippen LogP contribution in [-0.4, -0.2) is 31.1 Å². The lowest BCUT2D eigenvalue weighted by atomic mass is 10.1. The molecule has 0 fully saturated rings. The van der Waals surface area contributed by atoms with Crippen molar-refractivity contribution in [3.63, 3.8) is 0 Å². The summed E-state index contributed by atoms with van der Waals surface area (Å²) in [6.45, 7) is 2.77. The zero-order valence-corrected chi connectivity index (χ0v) is 13.1. The Kier molecular flexibility index (Phi) is 8.14. The van der Waals surface area contributed by atoms with Crippen LogP contribution in [0, 0.1) is 6.92 Å². The van der Waals surface area contributed by atoms with Gasteiger partial charge in [0.1, 0.15) is 0 Å². The molecule has 5 heteroatoms. The van der Waals surface area contributed by atoms with Crippen LogP contribution in [0.15, 0.2) is 18.2 Å². The number of benzene rings is 1. The third-order valence-electron chi connectivity index (χ3n) is 2.87. The van der Waals surface area contributed by atoms with E-state index in [9.17, 15) is 4.79 Å². The Balaban J connectivity index is 2.19. The third-order valence-corrected chi connectivity index (χ3v) is 4.02. The molecule has 0 radical (unpaired) electrons. The zero-order valence-electron chi connectivity index (χ0n) is 12.3. The van der Waals surface area contributed by atoms with Crippen molar-refractivity contribution in [2.45, 2.75) is 26.2 Å². The molecular weight excluding hydrogens is 272 g/mol. The number of hydrogen-bond acceptors (Lipinski definition) is 4. The molecule has 1 aromatic rings. The first-order chi connectivity index (χ1) is 9.63. The summed E-state index contributed by atoms with van der Waals surface area (Å²) in [5, 5.41) is 2.91. The van der Waals surface area contributed by atoms with Crippen molar-refractivity contribution < 1.29 is 9.53 Å². The van der Waals surface area contributed by atoms with E-state index in [1.54, 1.807) is 13.2 Å². The Morgan fingerprint density at radius 2 is 2.10 bits per heavy atom. The van der Waals surface area contributed by atoms with E-state index in [0.29, 0.717) is 12.1 Å². The number of thioether (sulfide) groups is 1. The van der Waals surface area contributed by atoms with Crippen molar-refractivity contribution in [3.05, 3.63) is 23.8 Å². The fourth-order valence-electron chi connectivity index (χ4n) is 1.73. The van der Waals surface area contributed by atoms with Crippen LogP contribution in [0.5, 0.6) is 0 Å². The third kappa shape index (κ3) is 6.82. The van der Waals surface area contributed by atoms with Crippen LogP contribution in [0.1, 0.15) is 24.8 Å². The maximum absolute atomic E-state index is 11.8. The number of hydrogen-bond donors (Lipinski definition) is 2. The fourth-order valence-corrected chi connectivity index (χ4v) is 2.60. The highest BCUT2D eigenvalue weighted by Crippen LogP contribution is 2.18. The molecule has 1 aromatic carbocycles. The van der Waals surface area contributed by atoms with E-state index in [1.807, 2.05) is 30.8 Å². The van der Waals surface area contributed by atoms with Gasteiger partial charge in [0, 0.05) is 31.5 Å². The van der Waals surface area contributed by atoms with E-state index in [0.717, 1.165) is 42.2 Å². The molecule has 0 spiro atoms. The Hall–Kier alpha value is -1.20. The van der Waals surface area contributed by atoms with Crippen LogP contribution in [0.2, 0.25) is 0 Å². The summed E-state index contributed by atoms with van der Waals surface area (Å²) in [5.74, 6) is 2.15. The number of nitrogens with one attached hydrogen (secondary N) is 1. The smallest absolute Gasteiger partial charge is 0.224 e. The maximum Gasteiger partial charge on any atom is 0.224 e. The van der Waals surface area contributed by atoms with Crippen molar-refractivity contribution >= 4 is 29.0 Å². The number of aryl methyl sites for hydroxylation is 1. The van der Waals surface area contributed by atoms with Crippen molar-refractivity contribution in [3.8, 4) is 0 Å². The van der Waals surface area contributed by atoms with Crippen LogP contribution >= 0.6 is 11.8 Å². The van der Waals surface area contributed by atoms with Gasteiger partial charge in [-0.1, -0.05) is 6.07 Å². The molecule has 0 heterocycles. The molecule has 0 bridgehead atoms. The number of rotatable bonds is 9. The second kappa shape index (κ2) is 9.66. The number of nitrogens with two attached hydrogens (primary N) is 1. The average Bonchev–Trinajstić information content (AvgIpc) is 2.42. The molecule has 0 atom stereocenters. The Morgan fingerprint density at radius 3 is 2.85 bits per heavy atom. The molecule has 0 saturated carbocycles. The van der Waals surface area contributed by atoms with Gasteiger partial charge in [0.2, 0.25) is 5.91 Å². The fraction of sp³-hybridized carbons (Fsp3) is 0.533. The second-order valence-corrected chi connectivity index (χ2v) is 5.91. The van der Waals surface area contributed by atoms with E-state index in [4.69, 9.17) is 10.5 Å². The topological polar surface area (TPSA) is 64.3 Å². The van der Waals surface area contributed by atoms with Gasteiger partial charge in [-0.05, 0) is 49.0 Å². The van der Waals surface area contributed by atoms with Gasteiger partial charge in [0.25, 0.3) is 0 Å². The lowest BCUT2D eigenvalue weighted by molar-refractivity contribution is -0.116. The summed E-state index contributed by atoms with van der Waals surface area (Å²) in [7, 11) is 1.72. The minimum absolute atomic E-state index is 0.0520. The summed E-state index contributed by atoms with van der Waals surface area (Å²) < 4.78 is 4.99. The van der Waals surface area contributed by atoms with Gasteiger partial charge >= 0.3 is 0 Å². The molecule has 0 aliphatic carbocycles. The van der Waals surface area contributed by atoms with Crippen LogP contribution in [0.3, 0.4) is 0 Å². The summed E-state index contributed by atoms with van der Waals surface area (Å²) in [4.78, 5) is 11.8. The summed E-state index contributed by atoms with van der Waals surface area (Å²) in [6, 6.07) is 5.55. The first-order valence-corrected chi connectivity index (χ1v) is 8.01. The van der Waals surface area contributed by atoms with E-state index in [2.05, 4.69) is 5.32 Å². The van der Waals surface area contributed by atoms with E-state index >= 15 is 0 Å². The highest BCUT2D eigenvalue weighted by molar-refractivity contribution is 7.99.